The van der Waals surface area contributed by atoms with Crippen LogP contribution in [0.3, 0.4) is 0 Å². The Morgan fingerprint density at radius 3 is 1.94 bits per heavy atom. The average molecular weight is 523 g/mol. The van der Waals surface area contributed by atoms with Crippen LogP contribution >= 0.6 is 0 Å². The van der Waals surface area contributed by atoms with E-state index in [4.69, 9.17) is 5.11 Å². The van der Waals surface area contributed by atoms with Crippen LogP contribution in [-0.2, 0) is 28.5 Å². The molecule has 2 aliphatic rings. The molecule has 3 rings (SSSR count). The number of carboxylic acids is 1. The molecule has 2 aliphatic carbocycles. The number of aliphatic carboxylic acids is 1. The van der Waals surface area contributed by atoms with Crippen molar-refractivity contribution in [3.63, 3.8) is 0 Å². The summed E-state index contributed by atoms with van der Waals surface area (Å²) in [5.74, 6) is -1.77. The lowest BCUT2D eigenvalue weighted by Gasteiger charge is -2.29. The average Bonchev–Trinajstić information content (AvgIpc) is 3.20. The van der Waals surface area contributed by atoms with Gasteiger partial charge in [0.2, 0.25) is 5.91 Å². The van der Waals surface area contributed by atoms with Gasteiger partial charge in [-0.25, -0.2) is 0 Å². The number of carboxylic acid groups (broad SMARTS) is 1. The van der Waals surface area contributed by atoms with E-state index in [9.17, 15) is 35.9 Å². The Morgan fingerprint density at radius 1 is 0.917 bits per heavy atom. The zero-order valence-electron chi connectivity index (χ0n) is 20.2. The lowest BCUT2D eigenvalue weighted by molar-refractivity contribution is -0.144. The second kappa shape index (κ2) is 11.0. The van der Waals surface area contributed by atoms with Crippen LogP contribution in [0.2, 0.25) is 0 Å². The molecule has 0 aromatic heterocycles. The van der Waals surface area contributed by atoms with Gasteiger partial charge >= 0.3 is 18.3 Å². The monoisotopic (exact) mass is 522 g/mol. The van der Waals surface area contributed by atoms with Gasteiger partial charge in [-0.2, -0.15) is 26.3 Å². The van der Waals surface area contributed by atoms with E-state index in [0.29, 0.717) is 31.4 Å². The number of hydrogen-bond donors (Lipinski definition) is 3. The van der Waals surface area contributed by atoms with Gasteiger partial charge in [-0.05, 0) is 74.1 Å². The van der Waals surface area contributed by atoms with Gasteiger partial charge in [-0.1, -0.05) is 13.8 Å². The van der Waals surface area contributed by atoms with Crippen LogP contribution in [0, 0.1) is 23.7 Å². The number of amides is 1. The van der Waals surface area contributed by atoms with E-state index in [-0.39, 0.29) is 41.5 Å². The van der Waals surface area contributed by atoms with Crippen molar-refractivity contribution < 1.29 is 41.0 Å². The fourth-order valence-corrected chi connectivity index (χ4v) is 5.53. The number of carbonyl (C=O) groups is 2. The van der Waals surface area contributed by atoms with Crippen LogP contribution in [0.1, 0.15) is 69.1 Å². The van der Waals surface area contributed by atoms with Gasteiger partial charge in [0.05, 0.1) is 17.0 Å². The van der Waals surface area contributed by atoms with Crippen LogP contribution in [0.4, 0.5) is 26.3 Å². The van der Waals surface area contributed by atoms with E-state index < -0.39 is 47.8 Å². The van der Waals surface area contributed by atoms with Crippen molar-refractivity contribution in [2.24, 2.45) is 23.7 Å². The van der Waals surface area contributed by atoms with E-state index in [0.717, 1.165) is 19.3 Å². The Morgan fingerprint density at radius 2 is 1.47 bits per heavy atom. The third-order valence-electron chi connectivity index (χ3n) is 7.47. The molecule has 5 nitrogen and oxygen atoms in total. The Bertz CT molecular complexity index is 906. The second-order valence-corrected chi connectivity index (χ2v) is 10.4. The molecule has 2 unspecified atom stereocenters. The van der Waals surface area contributed by atoms with Gasteiger partial charge < -0.3 is 15.7 Å². The van der Waals surface area contributed by atoms with Crippen molar-refractivity contribution in [3.8, 4) is 0 Å². The summed E-state index contributed by atoms with van der Waals surface area (Å²) >= 11 is 0. The molecule has 36 heavy (non-hydrogen) atoms. The Hall–Kier alpha value is -2.30. The molecular weight excluding hydrogens is 490 g/mol. The molecule has 0 spiro atoms. The number of halogens is 6. The minimum absolute atomic E-state index is 0.00473. The summed E-state index contributed by atoms with van der Waals surface area (Å²) in [6.45, 7) is 3.52. The van der Waals surface area contributed by atoms with Gasteiger partial charge in [0.1, 0.15) is 0 Å². The predicted molar refractivity (Wildman–Crippen MR) is 120 cm³/mol. The van der Waals surface area contributed by atoms with E-state index in [1.54, 1.807) is 0 Å². The van der Waals surface area contributed by atoms with E-state index in [2.05, 4.69) is 10.6 Å². The molecule has 3 N–H and O–H groups in total. The summed E-state index contributed by atoms with van der Waals surface area (Å²) in [4.78, 5) is 24.2. The first-order valence-corrected chi connectivity index (χ1v) is 12.2. The highest BCUT2D eigenvalue weighted by molar-refractivity contribution is 5.79. The van der Waals surface area contributed by atoms with Crippen molar-refractivity contribution in [2.75, 3.05) is 0 Å². The standard InChI is InChI=1S/C25H32F6N2O3/c1-13(2)20-10-19(33-18-5-3-15(4-6-18)23(35)36)11-21(20)22(34)32-12-14-7-16(24(26,27)28)9-17(8-14)25(29,30)31/h7-9,13,15,18-21,33H,3-6,10-12H2,1-2H3,(H,32,34)(H,35,36)/t15?,18?,19?,20?,21-/m1/s1. The van der Waals surface area contributed by atoms with Gasteiger partial charge in [0.15, 0.2) is 0 Å². The van der Waals surface area contributed by atoms with Gasteiger partial charge in [0, 0.05) is 24.5 Å². The number of alkyl halides is 6. The van der Waals surface area contributed by atoms with Gasteiger partial charge in [-0.3, -0.25) is 9.59 Å². The molecule has 202 valence electrons. The van der Waals surface area contributed by atoms with Crippen molar-refractivity contribution in [3.05, 3.63) is 34.9 Å². The molecule has 0 saturated heterocycles. The molecule has 3 atom stereocenters. The van der Waals surface area contributed by atoms with Crippen LogP contribution in [0.5, 0.6) is 0 Å². The highest BCUT2D eigenvalue weighted by atomic mass is 19.4. The lowest BCUT2D eigenvalue weighted by Crippen LogP contribution is -2.40. The Balaban J connectivity index is 1.64. The summed E-state index contributed by atoms with van der Waals surface area (Å²) in [6, 6.07) is 1.51. The molecule has 1 aromatic rings. The molecule has 1 amide bonds. The normalized spacial score (nSPS) is 27.3. The molecule has 0 aliphatic heterocycles. The fraction of sp³-hybridized carbons (Fsp3) is 0.680. The number of benzene rings is 1. The molecule has 11 heteroatoms. The van der Waals surface area contributed by atoms with Gasteiger partial charge in [0.25, 0.3) is 0 Å². The van der Waals surface area contributed by atoms with E-state index in [1.807, 2.05) is 13.8 Å². The van der Waals surface area contributed by atoms with Crippen molar-refractivity contribution in [2.45, 2.75) is 83.4 Å². The smallest absolute Gasteiger partial charge is 0.416 e. The first kappa shape index (κ1) is 28.3. The molecule has 2 fully saturated rings. The first-order chi connectivity index (χ1) is 16.6. The molecule has 0 bridgehead atoms. The maximum Gasteiger partial charge on any atom is 0.416 e. The quantitative estimate of drug-likeness (QED) is 0.406. The fourth-order valence-electron chi connectivity index (χ4n) is 5.53. The molecule has 0 radical (unpaired) electrons. The summed E-state index contributed by atoms with van der Waals surface area (Å²) in [5.41, 5.74) is -3.09. The lowest BCUT2D eigenvalue weighted by atomic mass is 9.85. The van der Waals surface area contributed by atoms with Crippen molar-refractivity contribution in [1.29, 1.82) is 0 Å². The minimum atomic E-state index is -4.95. The van der Waals surface area contributed by atoms with Crippen molar-refractivity contribution >= 4 is 11.9 Å². The zero-order valence-corrected chi connectivity index (χ0v) is 20.2. The van der Waals surface area contributed by atoms with Crippen LogP contribution in [0.15, 0.2) is 18.2 Å². The molecule has 2 saturated carbocycles. The molecule has 0 heterocycles. The van der Waals surface area contributed by atoms with Crippen LogP contribution in [0.25, 0.3) is 0 Å². The number of rotatable bonds is 7. The zero-order chi connectivity index (χ0) is 26.8. The number of nitrogens with one attached hydrogen (secondary N) is 2. The van der Waals surface area contributed by atoms with E-state index >= 15 is 0 Å². The number of hydrogen-bond acceptors (Lipinski definition) is 3. The highest BCUT2D eigenvalue weighted by Gasteiger charge is 2.41. The summed E-state index contributed by atoms with van der Waals surface area (Å²) in [7, 11) is 0. The predicted octanol–water partition coefficient (Wildman–Crippen LogP) is 5.62. The minimum Gasteiger partial charge on any atom is -0.481 e. The number of carbonyl (C=O) groups excluding carboxylic acids is 1. The molecule has 1 aromatic carbocycles. The highest BCUT2D eigenvalue weighted by Crippen LogP contribution is 2.39. The third-order valence-corrected chi connectivity index (χ3v) is 7.47. The summed E-state index contributed by atoms with van der Waals surface area (Å²) in [6.07, 6.45) is -6.03. The topological polar surface area (TPSA) is 78.4 Å². The molecular formula is C25H32F6N2O3. The summed E-state index contributed by atoms with van der Waals surface area (Å²) in [5, 5.41) is 15.3. The van der Waals surface area contributed by atoms with Crippen molar-refractivity contribution in [1.82, 2.24) is 10.6 Å². The van der Waals surface area contributed by atoms with Gasteiger partial charge in [-0.15, -0.1) is 0 Å². The summed E-state index contributed by atoms with van der Waals surface area (Å²) < 4.78 is 78.8. The van der Waals surface area contributed by atoms with E-state index in [1.165, 1.54) is 0 Å². The second-order valence-electron chi connectivity index (χ2n) is 10.4. The third kappa shape index (κ3) is 7.14. The maximum atomic E-state index is 13.1. The first-order valence-electron chi connectivity index (χ1n) is 12.2. The Kier molecular flexibility index (Phi) is 8.63. The largest absolute Gasteiger partial charge is 0.481 e. The SMILES string of the molecule is CC(C)C1CC(NC2CCC(C(=O)O)CC2)C[C@H]1C(=O)NCc1cc(C(F)(F)F)cc(C(F)(F)F)c1. The van der Waals surface area contributed by atoms with Crippen LogP contribution in [-0.4, -0.2) is 29.1 Å². The maximum absolute atomic E-state index is 13.1. The van der Waals surface area contributed by atoms with Crippen LogP contribution < -0.4 is 10.6 Å². The Labute approximate surface area is 206 Å².